The van der Waals surface area contributed by atoms with Crippen molar-refractivity contribution in [2.24, 2.45) is 0 Å². The van der Waals surface area contributed by atoms with E-state index in [2.05, 4.69) is 21.2 Å². The molecule has 0 aromatic heterocycles. The maximum Gasteiger partial charge on any atom is 0.264 e. The van der Waals surface area contributed by atoms with E-state index in [1.54, 1.807) is 66.7 Å². The number of benzene rings is 3. The smallest absolute Gasteiger partial charge is 0.264 e. The molecule has 0 unspecified atom stereocenters. The first-order valence-electron chi connectivity index (χ1n) is 9.26. The van der Waals surface area contributed by atoms with Crippen molar-refractivity contribution in [3.05, 3.63) is 83.3 Å². The van der Waals surface area contributed by atoms with Crippen molar-refractivity contribution in [2.75, 3.05) is 22.8 Å². The van der Waals surface area contributed by atoms with E-state index in [1.165, 1.54) is 12.1 Å². The molecular formula is C22H21BrN2O4S. The topological polar surface area (TPSA) is 75.7 Å². The lowest BCUT2D eigenvalue weighted by molar-refractivity contribution is -0.114. The molecule has 0 heterocycles. The highest BCUT2D eigenvalue weighted by molar-refractivity contribution is 9.10. The van der Waals surface area contributed by atoms with Gasteiger partial charge in [-0.3, -0.25) is 9.10 Å². The fraction of sp³-hybridized carbons (Fsp3) is 0.136. The zero-order valence-corrected chi connectivity index (χ0v) is 18.7. The summed E-state index contributed by atoms with van der Waals surface area (Å²) < 4.78 is 33.8. The minimum Gasteiger partial charge on any atom is -0.494 e. The van der Waals surface area contributed by atoms with E-state index >= 15 is 0 Å². The molecule has 0 bridgehead atoms. The molecule has 0 fully saturated rings. The number of ether oxygens (including phenoxy) is 1. The molecule has 0 aliphatic carbocycles. The van der Waals surface area contributed by atoms with Gasteiger partial charge in [0.2, 0.25) is 5.91 Å². The molecule has 0 spiro atoms. The van der Waals surface area contributed by atoms with Crippen LogP contribution in [0, 0.1) is 0 Å². The average molecular weight is 489 g/mol. The number of nitrogens with zero attached hydrogens (tertiary/aromatic N) is 1. The van der Waals surface area contributed by atoms with Gasteiger partial charge in [0, 0.05) is 10.2 Å². The van der Waals surface area contributed by atoms with E-state index in [1.807, 2.05) is 6.92 Å². The Morgan fingerprint density at radius 2 is 1.60 bits per heavy atom. The molecule has 0 saturated heterocycles. The largest absolute Gasteiger partial charge is 0.494 e. The average Bonchev–Trinajstić information content (AvgIpc) is 2.75. The van der Waals surface area contributed by atoms with Gasteiger partial charge in [-0.05, 0) is 67.6 Å². The van der Waals surface area contributed by atoms with Crippen LogP contribution in [0.25, 0.3) is 0 Å². The number of carbonyl (C=O) groups is 1. The lowest BCUT2D eigenvalue weighted by Gasteiger charge is -2.24. The standard InChI is InChI=1S/C22H21BrN2O4S/c1-2-29-20-14-10-18(11-15-20)24-22(26)16-25(19-12-8-17(23)9-13-19)30(27,28)21-6-4-3-5-7-21/h3-15H,2,16H2,1H3,(H,24,26). The van der Waals surface area contributed by atoms with Crippen LogP contribution in [0.1, 0.15) is 6.92 Å². The molecule has 0 aliphatic heterocycles. The molecule has 156 valence electrons. The summed E-state index contributed by atoms with van der Waals surface area (Å²) >= 11 is 3.34. The Bertz CT molecular complexity index is 1090. The summed E-state index contributed by atoms with van der Waals surface area (Å²) in [6, 6.07) is 21.7. The Balaban J connectivity index is 1.85. The molecule has 3 aromatic carbocycles. The summed E-state index contributed by atoms with van der Waals surface area (Å²) in [4.78, 5) is 12.8. The van der Waals surface area contributed by atoms with Gasteiger partial charge >= 0.3 is 0 Å². The second-order valence-corrected chi connectivity index (χ2v) is 9.08. The van der Waals surface area contributed by atoms with Gasteiger partial charge in [-0.25, -0.2) is 8.42 Å². The molecule has 0 radical (unpaired) electrons. The molecule has 6 nitrogen and oxygen atoms in total. The molecular weight excluding hydrogens is 468 g/mol. The highest BCUT2D eigenvalue weighted by Crippen LogP contribution is 2.25. The number of nitrogens with one attached hydrogen (secondary N) is 1. The Hall–Kier alpha value is -2.84. The van der Waals surface area contributed by atoms with Crippen molar-refractivity contribution in [1.82, 2.24) is 0 Å². The van der Waals surface area contributed by atoms with Crippen LogP contribution < -0.4 is 14.4 Å². The van der Waals surface area contributed by atoms with Crippen molar-refractivity contribution >= 4 is 43.2 Å². The molecule has 3 rings (SSSR count). The highest BCUT2D eigenvalue weighted by atomic mass is 79.9. The summed E-state index contributed by atoms with van der Waals surface area (Å²) in [5.41, 5.74) is 0.945. The Kier molecular flexibility index (Phi) is 7.12. The van der Waals surface area contributed by atoms with Crippen LogP contribution >= 0.6 is 15.9 Å². The van der Waals surface area contributed by atoms with Crippen LogP contribution in [-0.2, 0) is 14.8 Å². The van der Waals surface area contributed by atoms with Gasteiger partial charge in [0.1, 0.15) is 12.3 Å². The third-order valence-electron chi connectivity index (χ3n) is 4.18. The third-order valence-corrected chi connectivity index (χ3v) is 6.50. The first kappa shape index (κ1) is 21.9. The van der Waals surface area contributed by atoms with E-state index in [4.69, 9.17) is 4.74 Å². The van der Waals surface area contributed by atoms with E-state index in [9.17, 15) is 13.2 Å². The second-order valence-electron chi connectivity index (χ2n) is 6.31. The van der Waals surface area contributed by atoms with Gasteiger partial charge in [0.15, 0.2) is 0 Å². The molecule has 1 amide bonds. The van der Waals surface area contributed by atoms with E-state index < -0.39 is 15.9 Å². The fourth-order valence-electron chi connectivity index (χ4n) is 2.77. The number of sulfonamides is 1. The maximum atomic E-state index is 13.2. The number of carbonyl (C=O) groups excluding carboxylic acids is 1. The number of amides is 1. The van der Waals surface area contributed by atoms with Crippen LogP contribution in [-0.4, -0.2) is 27.5 Å². The van der Waals surface area contributed by atoms with Gasteiger partial charge in [0.05, 0.1) is 17.2 Å². The van der Waals surface area contributed by atoms with Gasteiger partial charge in [-0.2, -0.15) is 0 Å². The summed E-state index contributed by atoms with van der Waals surface area (Å²) in [6.45, 7) is 2.07. The monoisotopic (exact) mass is 488 g/mol. The number of hydrogen-bond donors (Lipinski definition) is 1. The van der Waals surface area contributed by atoms with E-state index in [0.717, 1.165) is 8.78 Å². The molecule has 8 heteroatoms. The van der Waals surface area contributed by atoms with E-state index in [0.29, 0.717) is 23.7 Å². The van der Waals surface area contributed by atoms with Crippen LogP contribution in [0.5, 0.6) is 5.75 Å². The van der Waals surface area contributed by atoms with Gasteiger partial charge in [-0.15, -0.1) is 0 Å². The Labute approximate surface area is 184 Å². The predicted molar refractivity (Wildman–Crippen MR) is 121 cm³/mol. The van der Waals surface area contributed by atoms with Crippen LogP contribution in [0.3, 0.4) is 0 Å². The molecule has 0 aliphatic rings. The summed E-state index contributed by atoms with van der Waals surface area (Å²) in [5.74, 6) is 0.236. The first-order chi connectivity index (χ1) is 14.4. The van der Waals surface area contributed by atoms with Crippen LogP contribution in [0.15, 0.2) is 88.2 Å². The highest BCUT2D eigenvalue weighted by Gasteiger charge is 2.27. The maximum absolute atomic E-state index is 13.2. The number of rotatable bonds is 8. The van der Waals surface area contributed by atoms with Crippen molar-refractivity contribution in [3.63, 3.8) is 0 Å². The first-order valence-corrected chi connectivity index (χ1v) is 11.5. The lowest BCUT2D eigenvalue weighted by atomic mass is 10.3. The SMILES string of the molecule is CCOc1ccc(NC(=O)CN(c2ccc(Br)cc2)S(=O)(=O)c2ccccc2)cc1. The van der Waals surface area contributed by atoms with Crippen molar-refractivity contribution < 1.29 is 17.9 Å². The number of halogens is 1. The molecule has 0 saturated carbocycles. The zero-order chi connectivity index (χ0) is 21.6. The van der Waals surface area contributed by atoms with Gasteiger partial charge < -0.3 is 10.1 Å². The predicted octanol–water partition coefficient (Wildman–Crippen LogP) is 4.68. The zero-order valence-electron chi connectivity index (χ0n) is 16.3. The van der Waals surface area contributed by atoms with Gasteiger partial charge in [-0.1, -0.05) is 34.1 Å². The molecule has 0 atom stereocenters. The summed E-state index contributed by atoms with van der Waals surface area (Å²) in [5, 5.41) is 2.74. The van der Waals surface area contributed by atoms with Crippen molar-refractivity contribution in [2.45, 2.75) is 11.8 Å². The minimum absolute atomic E-state index is 0.113. The van der Waals surface area contributed by atoms with E-state index in [-0.39, 0.29) is 11.4 Å². The van der Waals surface area contributed by atoms with Crippen LogP contribution in [0.2, 0.25) is 0 Å². The Morgan fingerprint density at radius 3 is 2.20 bits per heavy atom. The number of hydrogen-bond acceptors (Lipinski definition) is 4. The molecule has 30 heavy (non-hydrogen) atoms. The quantitative estimate of drug-likeness (QED) is 0.499. The molecule has 3 aromatic rings. The lowest BCUT2D eigenvalue weighted by Crippen LogP contribution is -2.38. The van der Waals surface area contributed by atoms with Crippen molar-refractivity contribution in [1.29, 1.82) is 0 Å². The molecule has 1 N–H and O–H groups in total. The summed E-state index contributed by atoms with van der Waals surface area (Å²) in [7, 11) is -3.93. The van der Waals surface area contributed by atoms with Crippen LogP contribution in [0.4, 0.5) is 11.4 Å². The fourth-order valence-corrected chi connectivity index (χ4v) is 4.48. The summed E-state index contributed by atoms with van der Waals surface area (Å²) in [6.07, 6.45) is 0. The third kappa shape index (κ3) is 5.40. The minimum atomic E-state index is -3.93. The second kappa shape index (κ2) is 9.77. The van der Waals surface area contributed by atoms with Gasteiger partial charge in [0.25, 0.3) is 10.0 Å². The Morgan fingerprint density at radius 1 is 0.967 bits per heavy atom. The van der Waals surface area contributed by atoms with Crippen molar-refractivity contribution in [3.8, 4) is 5.75 Å². The number of anilines is 2. The normalized spacial score (nSPS) is 11.0.